The predicted molar refractivity (Wildman–Crippen MR) is 119 cm³/mol. The standard InChI is InChI=1S/C21H25N5O3S2/c1-3-21(18(28)26(19(29)24-21)12-15-6-4-5-9-22-15)14-7-10-25(11-8-14)17(27)16-13-31-20(23-16)30-2/h4-6,9,13-14H,3,7-8,10-12H2,1-2H3,(H,24,29). The number of rotatable bonds is 6. The van der Waals surface area contributed by atoms with Crippen LogP contribution >= 0.6 is 23.1 Å². The lowest BCUT2D eigenvalue weighted by Gasteiger charge is -2.40. The van der Waals surface area contributed by atoms with E-state index >= 15 is 0 Å². The minimum absolute atomic E-state index is 0.0241. The van der Waals surface area contributed by atoms with Gasteiger partial charge in [-0.25, -0.2) is 9.78 Å². The van der Waals surface area contributed by atoms with Crippen LogP contribution in [0.4, 0.5) is 4.79 Å². The summed E-state index contributed by atoms with van der Waals surface area (Å²) in [7, 11) is 0. The van der Waals surface area contributed by atoms with Crippen LogP contribution in [0.25, 0.3) is 0 Å². The summed E-state index contributed by atoms with van der Waals surface area (Å²) < 4.78 is 0.871. The van der Waals surface area contributed by atoms with E-state index < -0.39 is 5.54 Å². The minimum Gasteiger partial charge on any atom is -0.337 e. The summed E-state index contributed by atoms with van der Waals surface area (Å²) in [6.45, 7) is 3.17. The quantitative estimate of drug-likeness (QED) is 0.527. The molecule has 4 amide bonds. The number of imide groups is 1. The van der Waals surface area contributed by atoms with Gasteiger partial charge in [0.05, 0.1) is 12.2 Å². The Kier molecular flexibility index (Phi) is 6.29. The molecule has 0 spiro atoms. The summed E-state index contributed by atoms with van der Waals surface area (Å²) in [4.78, 5) is 50.5. The molecule has 31 heavy (non-hydrogen) atoms. The first-order valence-corrected chi connectivity index (χ1v) is 12.4. The molecule has 0 radical (unpaired) electrons. The van der Waals surface area contributed by atoms with Crippen LogP contribution in [0.1, 0.15) is 42.4 Å². The minimum atomic E-state index is -0.923. The molecule has 8 nitrogen and oxygen atoms in total. The molecule has 2 aliphatic rings. The summed E-state index contributed by atoms with van der Waals surface area (Å²) in [6.07, 6.45) is 5.41. The molecule has 4 rings (SSSR count). The second-order valence-corrected chi connectivity index (χ2v) is 9.65. The molecule has 2 aromatic rings. The number of urea groups is 1. The fourth-order valence-corrected chi connectivity index (χ4v) is 5.67. The molecule has 1 N–H and O–H groups in total. The third-order valence-electron chi connectivity index (χ3n) is 6.16. The van der Waals surface area contributed by atoms with Crippen molar-refractivity contribution in [1.82, 2.24) is 25.1 Å². The molecule has 0 aromatic carbocycles. The van der Waals surface area contributed by atoms with E-state index in [0.29, 0.717) is 43.7 Å². The van der Waals surface area contributed by atoms with Crippen LogP contribution in [0.2, 0.25) is 0 Å². The molecule has 2 aromatic heterocycles. The summed E-state index contributed by atoms with van der Waals surface area (Å²) >= 11 is 2.99. The number of carbonyl (C=O) groups excluding carboxylic acids is 3. The molecule has 2 fully saturated rings. The van der Waals surface area contributed by atoms with Gasteiger partial charge in [0.1, 0.15) is 15.6 Å². The van der Waals surface area contributed by atoms with Gasteiger partial charge in [0.15, 0.2) is 0 Å². The molecular formula is C21H25N5O3S2. The lowest BCUT2D eigenvalue weighted by atomic mass is 9.75. The highest BCUT2D eigenvalue weighted by atomic mass is 32.2. The van der Waals surface area contributed by atoms with E-state index in [-0.39, 0.29) is 30.3 Å². The van der Waals surface area contributed by atoms with Crippen LogP contribution in [-0.4, -0.2) is 62.5 Å². The fourth-order valence-electron chi connectivity index (χ4n) is 4.43. The van der Waals surface area contributed by atoms with Crippen molar-refractivity contribution in [3.63, 3.8) is 0 Å². The maximum atomic E-state index is 13.4. The van der Waals surface area contributed by atoms with Gasteiger partial charge in [0.25, 0.3) is 11.8 Å². The number of nitrogens with zero attached hydrogens (tertiary/aromatic N) is 4. The Balaban J connectivity index is 1.44. The Morgan fingerprint density at radius 2 is 2.10 bits per heavy atom. The normalized spacial score (nSPS) is 22.1. The third-order valence-corrected chi connectivity index (χ3v) is 8.03. The van der Waals surface area contributed by atoms with Crippen molar-refractivity contribution in [2.45, 2.75) is 42.6 Å². The first-order chi connectivity index (χ1) is 15.0. The highest BCUT2D eigenvalue weighted by Gasteiger charge is 2.55. The topological polar surface area (TPSA) is 95.5 Å². The van der Waals surface area contributed by atoms with E-state index in [1.54, 1.807) is 28.6 Å². The number of thiazole rings is 1. The number of carbonyl (C=O) groups is 3. The van der Waals surface area contributed by atoms with E-state index in [9.17, 15) is 14.4 Å². The molecule has 0 bridgehead atoms. The molecule has 1 unspecified atom stereocenters. The van der Waals surface area contributed by atoms with E-state index in [4.69, 9.17) is 0 Å². The van der Waals surface area contributed by atoms with Crippen LogP contribution in [0.3, 0.4) is 0 Å². The van der Waals surface area contributed by atoms with Crippen molar-refractivity contribution in [3.8, 4) is 0 Å². The van der Waals surface area contributed by atoms with Gasteiger partial charge in [0, 0.05) is 24.7 Å². The van der Waals surface area contributed by atoms with E-state index in [0.717, 1.165) is 4.34 Å². The number of likely N-dealkylation sites (tertiary alicyclic amines) is 1. The Hall–Kier alpha value is -2.46. The number of nitrogens with one attached hydrogen (secondary N) is 1. The molecule has 0 saturated carbocycles. The van der Waals surface area contributed by atoms with Crippen LogP contribution in [0.5, 0.6) is 0 Å². The second kappa shape index (κ2) is 8.96. The van der Waals surface area contributed by atoms with Crippen LogP contribution < -0.4 is 5.32 Å². The molecular weight excluding hydrogens is 434 g/mol. The lowest BCUT2D eigenvalue weighted by molar-refractivity contribution is -0.134. The molecule has 2 aliphatic heterocycles. The van der Waals surface area contributed by atoms with Crippen molar-refractivity contribution in [2.75, 3.05) is 19.3 Å². The number of thioether (sulfide) groups is 1. The van der Waals surface area contributed by atoms with Gasteiger partial charge in [-0.2, -0.15) is 0 Å². The number of hydrogen-bond acceptors (Lipinski definition) is 7. The zero-order valence-corrected chi connectivity index (χ0v) is 19.2. The van der Waals surface area contributed by atoms with Gasteiger partial charge in [-0.3, -0.25) is 19.5 Å². The molecule has 164 valence electrons. The Labute approximate surface area is 189 Å². The maximum absolute atomic E-state index is 13.4. The Morgan fingerprint density at radius 3 is 2.71 bits per heavy atom. The molecule has 0 aliphatic carbocycles. The highest BCUT2D eigenvalue weighted by Crippen LogP contribution is 2.37. The first-order valence-electron chi connectivity index (χ1n) is 10.3. The van der Waals surface area contributed by atoms with E-state index in [1.807, 2.05) is 19.2 Å². The first kappa shape index (κ1) is 21.8. The zero-order chi connectivity index (χ0) is 22.0. The summed E-state index contributed by atoms with van der Waals surface area (Å²) in [5.74, 6) is -0.289. The largest absolute Gasteiger partial charge is 0.337 e. The molecule has 2 saturated heterocycles. The molecule has 1 atom stereocenters. The number of amides is 4. The van der Waals surface area contributed by atoms with Crippen molar-refractivity contribution in [3.05, 3.63) is 41.2 Å². The van der Waals surface area contributed by atoms with Gasteiger partial charge in [-0.1, -0.05) is 24.8 Å². The van der Waals surface area contributed by atoms with E-state index in [1.165, 1.54) is 28.0 Å². The van der Waals surface area contributed by atoms with Crippen LogP contribution in [-0.2, 0) is 11.3 Å². The third kappa shape index (κ3) is 4.06. The fraction of sp³-hybridized carbons (Fsp3) is 0.476. The lowest BCUT2D eigenvalue weighted by Crippen LogP contribution is -2.56. The highest BCUT2D eigenvalue weighted by molar-refractivity contribution is 8.00. The average Bonchev–Trinajstić information content (AvgIpc) is 3.38. The maximum Gasteiger partial charge on any atom is 0.325 e. The van der Waals surface area contributed by atoms with Gasteiger partial charge >= 0.3 is 6.03 Å². The Bertz CT molecular complexity index is 974. The van der Waals surface area contributed by atoms with Crippen molar-refractivity contribution in [2.24, 2.45) is 5.92 Å². The number of hydrogen-bond donors (Lipinski definition) is 1. The van der Waals surface area contributed by atoms with Crippen molar-refractivity contribution in [1.29, 1.82) is 0 Å². The number of pyridine rings is 1. The summed E-state index contributed by atoms with van der Waals surface area (Å²) in [6, 6.07) is 5.07. The average molecular weight is 460 g/mol. The predicted octanol–water partition coefficient (Wildman–Crippen LogP) is 3.01. The van der Waals surface area contributed by atoms with Gasteiger partial charge in [-0.15, -0.1) is 11.3 Å². The van der Waals surface area contributed by atoms with Crippen molar-refractivity contribution >= 4 is 40.9 Å². The zero-order valence-electron chi connectivity index (χ0n) is 17.5. The van der Waals surface area contributed by atoms with Gasteiger partial charge < -0.3 is 10.2 Å². The SMILES string of the molecule is CCC1(C2CCN(C(=O)c3csc(SC)n3)CC2)NC(=O)N(Cc2ccccn2)C1=O. The van der Waals surface area contributed by atoms with E-state index in [2.05, 4.69) is 15.3 Å². The number of aromatic nitrogens is 2. The van der Waals surface area contributed by atoms with Crippen LogP contribution in [0.15, 0.2) is 34.1 Å². The van der Waals surface area contributed by atoms with Crippen LogP contribution in [0, 0.1) is 5.92 Å². The monoisotopic (exact) mass is 459 g/mol. The summed E-state index contributed by atoms with van der Waals surface area (Å²) in [5.41, 5.74) is 0.226. The second-order valence-electron chi connectivity index (χ2n) is 7.74. The van der Waals surface area contributed by atoms with Gasteiger partial charge in [0.2, 0.25) is 0 Å². The van der Waals surface area contributed by atoms with Gasteiger partial charge in [-0.05, 0) is 43.6 Å². The van der Waals surface area contributed by atoms with Crippen molar-refractivity contribution < 1.29 is 14.4 Å². The summed E-state index contributed by atoms with van der Waals surface area (Å²) in [5, 5.41) is 4.78. The Morgan fingerprint density at radius 1 is 1.32 bits per heavy atom. The number of piperidine rings is 1. The molecule has 4 heterocycles. The smallest absolute Gasteiger partial charge is 0.325 e. The molecule has 10 heteroatoms.